The Labute approximate surface area is 859 Å². The van der Waals surface area contributed by atoms with Crippen molar-refractivity contribution in [2.75, 3.05) is 73.9 Å². The van der Waals surface area contributed by atoms with Crippen LogP contribution >= 0.6 is 0 Å². The maximum absolute atomic E-state index is 6.64. The predicted octanol–water partition coefficient (Wildman–Crippen LogP) is 34.6. The van der Waals surface area contributed by atoms with Crippen molar-refractivity contribution in [1.82, 2.24) is 0 Å². The van der Waals surface area contributed by atoms with Gasteiger partial charge in [0.2, 0.25) is 0 Å². The highest BCUT2D eigenvalue weighted by molar-refractivity contribution is 5.65. The molecule has 0 amide bonds. The van der Waals surface area contributed by atoms with Crippen LogP contribution in [0.1, 0.15) is 312 Å². The number of allylic oxidation sites excluding steroid dienone is 6. The molecule has 7 saturated carbocycles. The Morgan fingerprint density at radius 2 is 0.704 bits per heavy atom. The first-order valence-electron chi connectivity index (χ1n) is 55.3. The third kappa shape index (κ3) is 28.4. The molecule has 16 atom stereocenters. The van der Waals surface area contributed by atoms with E-state index in [1.165, 1.54) is 170 Å². The monoisotopic (exact) mass is 1930 g/mol. The second-order valence-electron chi connectivity index (χ2n) is 45.4. The molecular weight excluding hydrogens is 1750 g/mol. The highest BCUT2D eigenvalue weighted by Crippen LogP contribution is 2.72. The van der Waals surface area contributed by atoms with Gasteiger partial charge in [0.05, 0.1) is 58.5 Å². The fourth-order valence-corrected chi connectivity index (χ4v) is 28.2. The standard InChI is InChI=1S/C41H62O3.C41H62O2.C25H26O3.C24H30O3/c1-29(2)12-9-10-13-30(3)34-20-21-35-33-19-22-37-39(4,5)38(24-26-41(37,7)36(33)23-25-40(34,35)6)43-27-11-14-31-15-17-32(18-16-31)44-28-42-8;1-9-42-32-18-16-31(17-19-32)15-12-28-43-38-25-27-41(8)36-24-26-40(7)34(30(4)14-11-10-13-29(2)3)21-22-35(40)33(36)20-23-37(41)39(38,5)6;1-3-26-23-13-7-20(8-14-23)6-5-19-28-25-17-11-22(12-18-25)21-9-15-24(16-10-21)27-4-2;1-3-26-23-14-8-20(9-15-23)21-10-16-24(17-11-21)27-18-4-5-19-6-12-22(25-2)13-7-19/h11-12,14-18,22,30,33-36,38H,9-10,13,19-21,23-28H2,1-8H3;12-13,15-19,23,30,33-36,38H,9-11,14,20-22,24-28H2,1-8H3;5-18H,3-4,19H2,1-2H3;4-7,10-13,16-17,20,23H,3,8-9,14-15,18H2,1-2H3/b14-11+;15-12+;6-5+;5-4+. The summed E-state index contributed by atoms with van der Waals surface area (Å²) in [5.41, 5.74) is 16.6. The van der Waals surface area contributed by atoms with Crippen LogP contribution in [-0.2, 0) is 18.9 Å². The van der Waals surface area contributed by atoms with Gasteiger partial charge >= 0.3 is 0 Å². The predicted molar refractivity (Wildman–Crippen MR) is 593 cm³/mol. The van der Waals surface area contributed by atoms with Gasteiger partial charge < -0.3 is 52.1 Å². The molecule has 142 heavy (non-hydrogen) atoms. The number of benzene rings is 7. The first-order valence-corrected chi connectivity index (χ1v) is 55.3. The van der Waals surface area contributed by atoms with Gasteiger partial charge in [-0.1, -0.05) is 250 Å². The molecule has 0 heterocycles. The molecule has 11 nitrogen and oxygen atoms in total. The summed E-state index contributed by atoms with van der Waals surface area (Å²) in [6.45, 7) is 48.4. The Kier molecular flexibility index (Phi) is 40.9. The van der Waals surface area contributed by atoms with Gasteiger partial charge in [0.1, 0.15) is 53.5 Å². The van der Waals surface area contributed by atoms with Gasteiger partial charge in [0.15, 0.2) is 6.79 Å². The van der Waals surface area contributed by atoms with Crippen LogP contribution in [0.4, 0.5) is 0 Å². The van der Waals surface area contributed by atoms with Crippen molar-refractivity contribution >= 4 is 24.3 Å². The topological polar surface area (TPSA) is 102 Å². The Bertz CT molecular complexity index is 5210. The van der Waals surface area contributed by atoms with Crippen molar-refractivity contribution < 1.29 is 52.1 Å². The van der Waals surface area contributed by atoms with Crippen LogP contribution in [0.5, 0.6) is 40.2 Å². The number of methoxy groups -OCH3 is 2. The van der Waals surface area contributed by atoms with E-state index in [9.17, 15) is 0 Å². The molecule has 0 N–H and O–H groups in total. The average Bonchev–Trinajstić information content (AvgIpc) is 1.31. The van der Waals surface area contributed by atoms with E-state index in [0.29, 0.717) is 79.9 Å². The summed E-state index contributed by atoms with van der Waals surface area (Å²) in [5.74, 6) is 15.6. The van der Waals surface area contributed by atoms with E-state index < -0.39 is 0 Å². The Morgan fingerprint density at radius 1 is 0.352 bits per heavy atom. The largest absolute Gasteiger partial charge is 0.497 e. The Hall–Kier alpha value is -9.10. The third-order valence-electron chi connectivity index (χ3n) is 35.4. The quantitative estimate of drug-likeness (QED) is 0.0208. The van der Waals surface area contributed by atoms with E-state index in [2.05, 4.69) is 231 Å². The van der Waals surface area contributed by atoms with Crippen LogP contribution < -0.4 is 33.2 Å². The smallest absolute Gasteiger partial charge is 0.188 e. The van der Waals surface area contributed by atoms with Crippen molar-refractivity contribution in [3.8, 4) is 51.4 Å². The summed E-state index contributed by atoms with van der Waals surface area (Å²) in [6.07, 6.45) is 60.1. The minimum absolute atomic E-state index is 0.0743. The van der Waals surface area contributed by atoms with Crippen LogP contribution in [0.2, 0.25) is 0 Å². The van der Waals surface area contributed by atoms with Crippen LogP contribution in [-0.4, -0.2) is 92.2 Å². The molecule has 9 aliphatic carbocycles. The SMILES string of the molecule is CCOC1CCC(c2ccc(OC/C=C/c3ccc(OC)cc3)cc2)CC1.CCOc1ccc(/C=C/COC2CCC3(C)C(=CCC4C3CCC3(C)C(C(C)CCCC=C(C)C)CCC43)C2(C)C)cc1.CCOc1ccc(/C=C/COc2ccc(-c3ccc(OCC)cc3)cc2)cc1.COCOc1ccc(/C=C/COC2CCC3(C)C(=CCC4C3CCC3(C)C(C(C)CCCC=C(C)C)CCC43)C2(C)C)cc1. The highest BCUT2D eigenvalue weighted by Gasteiger charge is 2.64. The zero-order valence-corrected chi connectivity index (χ0v) is 91.0. The lowest BCUT2D eigenvalue weighted by Crippen LogP contribution is -2.55. The maximum atomic E-state index is 6.64. The van der Waals surface area contributed by atoms with Crippen molar-refractivity contribution in [3.63, 3.8) is 0 Å². The van der Waals surface area contributed by atoms with Crippen LogP contribution in [0.25, 0.3) is 35.4 Å². The van der Waals surface area contributed by atoms with Gasteiger partial charge in [-0.25, -0.2) is 0 Å². The minimum atomic E-state index is 0.0743. The fraction of sp³-hybridized carbons (Fsp3) is 0.557. The summed E-state index contributed by atoms with van der Waals surface area (Å²) in [4.78, 5) is 0. The first kappa shape index (κ1) is 110. The average molecular weight is 1930 g/mol. The van der Waals surface area contributed by atoms with Crippen molar-refractivity contribution in [2.45, 2.75) is 303 Å². The molecule has 0 bridgehead atoms. The molecule has 7 fully saturated rings. The number of unbranched alkanes of at least 4 members (excludes halogenated alkanes) is 2. The normalized spacial score (nSPS) is 27.5. The molecule has 7 aromatic carbocycles. The van der Waals surface area contributed by atoms with Crippen molar-refractivity contribution in [3.05, 3.63) is 269 Å². The van der Waals surface area contributed by atoms with E-state index in [-0.39, 0.29) is 29.8 Å². The lowest BCUT2D eigenvalue weighted by atomic mass is 9.44. The summed E-state index contributed by atoms with van der Waals surface area (Å²) in [6, 6.07) is 57.3. The van der Waals surface area contributed by atoms with Crippen LogP contribution in [0.15, 0.2) is 241 Å². The molecule has 0 aliphatic heterocycles. The number of ether oxygens (including phenoxy) is 11. The number of fused-ring (bicyclic) bond motifs is 10. The summed E-state index contributed by atoms with van der Waals surface area (Å²) < 4.78 is 62.8. The van der Waals surface area contributed by atoms with Crippen molar-refractivity contribution in [1.29, 1.82) is 0 Å². The highest BCUT2D eigenvalue weighted by atomic mass is 16.7. The van der Waals surface area contributed by atoms with Gasteiger partial charge in [-0.05, 0) is 419 Å². The zero-order chi connectivity index (χ0) is 101. The second kappa shape index (κ2) is 52.8. The molecule has 7 aromatic rings. The molecule has 0 aromatic heterocycles. The number of hydrogen-bond acceptors (Lipinski definition) is 11. The van der Waals surface area contributed by atoms with Gasteiger partial charge in [-0.3, -0.25) is 0 Å². The molecule has 0 radical (unpaired) electrons. The second-order valence-corrected chi connectivity index (χ2v) is 45.4. The Morgan fingerprint density at radius 3 is 1.06 bits per heavy atom. The van der Waals surface area contributed by atoms with Gasteiger partial charge in [-0.2, -0.15) is 0 Å². The Balaban J connectivity index is 0.000000163. The van der Waals surface area contributed by atoms with E-state index in [1.807, 2.05) is 136 Å². The third-order valence-corrected chi connectivity index (χ3v) is 35.4. The van der Waals surface area contributed by atoms with Crippen molar-refractivity contribution in [2.24, 2.45) is 91.7 Å². The molecule has 16 unspecified atom stereocenters. The number of rotatable bonds is 40. The van der Waals surface area contributed by atoms with Gasteiger partial charge in [0, 0.05) is 24.5 Å². The lowest BCUT2D eigenvalue weighted by Gasteiger charge is -2.61. The summed E-state index contributed by atoms with van der Waals surface area (Å²) in [7, 11) is 3.31. The van der Waals surface area contributed by atoms with Gasteiger partial charge in [0.25, 0.3) is 0 Å². The molecular formula is C131H180O11. The summed E-state index contributed by atoms with van der Waals surface area (Å²) in [5, 5.41) is 0. The first-order chi connectivity index (χ1) is 68.6. The fourth-order valence-electron chi connectivity index (χ4n) is 28.2. The van der Waals surface area contributed by atoms with E-state index in [0.717, 1.165) is 140 Å². The van der Waals surface area contributed by atoms with E-state index >= 15 is 0 Å². The van der Waals surface area contributed by atoms with E-state index in [1.54, 1.807) is 25.4 Å². The minimum Gasteiger partial charge on any atom is -0.497 e. The molecule has 9 aliphatic rings. The number of hydrogen-bond donors (Lipinski definition) is 0. The molecule has 16 rings (SSSR count). The molecule has 11 heteroatoms. The maximum Gasteiger partial charge on any atom is 0.188 e. The lowest BCUT2D eigenvalue weighted by molar-refractivity contribution is -0.0910. The van der Waals surface area contributed by atoms with Crippen LogP contribution in [0, 0.1) is 91.7 Å². The van der Waals surface area contributed by atoms with Crippen LogP contribution in [0.3, 0.4) is 0 Å². The van der Waals surface area contributed by atoms with Gasteiger partial charge in [-0.15, -0.1) is 0 Å². The molecule has 0 saturated heterocycles. The molecule has 770 valence electrons. The molecule has 0 spiro atoms. The zero-order valence-electron chi connectivity index (χ0n) is 91.0. The summed E-state index contributed by atoms with van der Waals surface area (Å²) >= 11 is 0. The van der Waals surface area contributed by atoms with E-state index in [4.69, 9.17) is 52.1 Å².